The zero-order chi connectivity index (χ0) is 21.7. The van der Waals surface area contributed by atoms with Crippen molar-refractivity contribution in [2.45, 2.75) is 18.4 Å². The lowest BCUT2D eigenvalue weighted by Gasteiger charge is -2.22. The second-order valence-corrected chi connectivity index (χ2v) is 9.58. The highest BCUT2D eigenvalue weighted by Gasteiger charge is 2.27. The van der Waals surface area contributed by atoms with E-state index in [0.717, 1.165) is 9.87 Å². The molecule has 0 fully saturated rings. The Balaban J connectivity index is 1.87. The molecule has 3 aromatic carbocycles. The van der Waals surface area contributed by atoms with Crippen molar-refractivity contribution in [3.05, 3.63) is 94.0 Å². The van der Waals surface area contributed by atoms with Gasteiger partial charge in [0.15, 0.2) is 0 Å². The topological polar surface area (TPSA) is 66.5 Å². The number of rotatable bonds is 7. The minimum absolute atomic E-state index is 0.00711. The van der Waals surface area contributed by atoms with Crippen molar-refractivity contribution >= 4 is 44.8 Å². The van der Waals surface area contributed by atoms with E-state index in [1.165, 1.54) is 24.3 Å². The minimum atomic E-state index is -3.95. The molecule has 0 aliphatic heterocycles. The number of anilines is 1. The van der Waals surface area contributed by atoms with Crippen LogP contribution >= 0.6 is 23.2 Å². The summed E-state index contributed by atoms with van der Waals surface area (Å²) in [6.45, 7) is 1.58. The van der Waals surface area contributed by atoms with Crippen LogP contribution in [0.5, 0.6) is 0 Å². The molecular weight excluding hydrogens is 443 g/mol. The van der Waals surface area contributed by atoms with Crippen LogP contribution in [0.25, 0.3) is 0 Å². The normalized spacial score (nSPS) is 11.5. The van der Waals surface area contributed by atoms with Crippen molar-refractivity contribution < 1.29 is 13.2 Å². The number of nitrogens with zero attached hydrogens (tertiary/aromatic N) is 1. The summed E-state index contributed by atoms with van der Waals surface area (Å²) in [6, 6.07) is 20.0. The third-order valence-corrected chi connectivity index (χ3v) is 6.65. The number of carbonyl (C=O) groups excluding carboxylic acids is 1. The van der Waals surface area contributed by atoms with Gasteiger partial charge in [-0.1, -0.05) is 53.0 Å². The molecule has 0 aromatic heterocycles. The van der Waals surface area contributed by atoms with Gasteiger partial charge in [0.05, 0.1) is 11.4 Å². The molecule has 0 unspecified atom stereocenters. The van der Waals surface area contributed by atoms with Crippen molar-refractivity contribution in [2.75, 3.05) is 11.9 Å². The van der Waals surface area contributed by atoms with Gasteiger partial charge in [0.2, 0.25) is 15.9 Å². The van der Waals surface area contributed by atoms with Crippen molar-refractivity contribution in [3.8, 4) is 0 Å². The van der Waals surface area contributed by atoms with Gasteiger partial charge in [0, 0.05) is 22.3 Å². The summed E-state index contributed by atoms with van der Waals surface area (Å²) < 4.78 is 27.6. The summed E-state index contributed by atoms with van der Waals surface area (Å²) >= 11 is 11.9. The molecule has 0 atom stereocenters. The van der Waals surface area contributed by atoms with Crippen LogP contribution < -0.4 is 5.32 Å². The number of carbonyl (C=O) groups is 1. The highest BCUT2D eigenvalue weighted by molar-refractivity contribution is 7.89. The van der Waals surface area contributed by atoms with Crippen molar-refractivity contribution in [2.24, 2.45) is 0 Å². The quantitative estimate of drug-likeness (QED) is 0.528. The molecule has 0 aliphatic carbocycles. The number of halogens is 2. The predicted molar refractivity (Wildman–Crippen MR) is 120 cm³/mol. The molecule has 3 rings (SSSR count). The second kappa shape index (κ2) is 9.62. The number of aryl methyl sites for hydroxylation is 1. The molecule has 1 N–H and O–H groups in total. The average molecular weight is 463 g/mol. The second-order valence-electron chi connectivity index (χ2n) is 6.77. The highest BCUT2D eigenvalue weighted by atomic mass is 35.5. The largest absolute Gasteiger partial charge is 0.325 e. The zero-order valence-corrected chi connectivity index (χ0v) is 18.5. The van der Waals surface area contributed by atoms with Gasteiger partial charge in [0.25, 0.3) is 0 Å². The number of amides is 1. The molecule has 5 nitrogen and oxygen atoms in total. The van der Waals surface area contributed by atoms with Gasteiger partial charge in [-0.2, -0.15) is 4.31 Å². The van der Waals surface area contributed by atoms with E-state index in [1.54, 1.807) is 36.4 Å². The summed E-state index contributed by atoms with van der Waals surface area (Å²) in [6.07, 6.45) is 0. The molecule has 156 valence electrons. The van der Waals surface area contributed by atoms with Crippen molar-refractivity contribution in [1.29, 1.82) is 0 Å². The van der Waals surface area contributed by atoms with Crippen LogP contribution in [0.15, 0.2) is 77.7 Å². The van der Waals surface area contributed by atoms with Crippen LogP contribution in [0.2, 0.25) is 10.0 Å². The lowest BCUT2D eigenvalue weighted by atomic mass is 10.2. The first kappa shape index (κ1) is 22.3. The summed E-state index contributed by atoms with van der Waals surface area (Å²) in [5, 5.41) is 3.65. The molecule has 0 saturated heterocycles. The van der Waals surface area contributed by atoms with E-state index < -0.39 is 15.9 Å². The Morgan fingerprint density at radius 2 is 1.60 bits per heavy atom. The molecule has 1 amide bonds. The van der Waals surface area contributed by atoms with Crippen LogP contribution in [0.4, 0.5) is 5.69 Å². The van der Waals surface area contributed by atoms with E-state index in [1.807, 2.05) is 19.1 Å². The SMILES string of the molecule is Cc1ccc(NC(=O)CN(Cc2cccc(Cl)c2)S(=O)(=O)c2ccc(Cl)cc2)cc1. The lowest BCUT2D eigenvalue weighted by Crippen LogP contribution is -2.37. The van der Waals surface area contributed by atoms with E-state index in [2.05, 4.69) is 5.32 Å². The van der Waals surface area contributed by atoms with E-state index in [0.29, 0.717) is 21.3 Å². The molecule has 0 aliphatic rings. The third kappa shape index (κ3) is 5.83. The summed E-state index contributed by atoms with van der Waals surface area (Å²) in [7, 11) is -3.95. The van der Waals surface area contributed by atoms with Gasteiger partial charge >= 0.3 is 0 Å². The van der Waals surface area contributed by atoms with E-state index in [4.69, 9.17) is 23.2 Å². The van der Waals surface area contributed by atoms with Gasteiger partial charge < -0.3 is 5.32 Å². The first-order valence-corrected chi connectivity index (χ1v) is 11.3. The van der Waals surface area contributed by atoms with E-state index >= 15 is 0 Å². The van der Waals surface area contributed by atoms with Crippen LogP contribution in [-0.4, -0.2) is 25.2 Å². The Morgan fingerprint density at radius 3 is 2.23 bits per heavy atom. The van der Waals surface area contributed by atoms with Gasteiger partial charge in [-0.25, -0.2) is 8.42 Å². The fourth-order valence-electron chi connectivity index (χ4n) is 2.82. The smallest absolute Gasteiger partial charge is 0.243 e. The molecule has 0 heterocycles. The Labute approximate surface area is 186 Å². The molecule has 0 bridgehead atoms. The first-order valence-electron chi connectivity index (χ1n) is 9.11. The number of sulfonamides is 1. The fourth-order valence-corrected chi connectivity index (χ4v) is 4.54. The van der Waals surface area contributed by atoms with E-state index in [9.17, 15) is 13.2 Å². The standard InChI is InChI=1S/C22H20Cl2N2O3S/c1-16-5-9-20(10-6-16)25-22(27)15-26(14-17-3-2-4-19(24)13-17)30(28,29)21-11-7-18(23)8-12-21/h2-13H,14-15H2,1H3,(H,25,27). The highest BCUT2D eigenvalue weighted by Crippen LogP contribution is 2.22. The number of hydrogen-bond donors (Lipinski definition) is 1. The number of hydrogen-bond acceptors (Lipinski definition) is 3. The molecular formula is C22H20Cl2N2O3S. The number of benzene rings is 3. The zero-order valence-electron chi connectivity index (χ0n) is 16.2. The molecule has 0 saturated carbocycles. The van der Waals surface area contributed by atoms with Gasteiger partial charge in [-0.15, -0.1) is 0 Å². The Morgan fingerprint density at radius 1 is 0.933 bits per heavy atom. The molecule has 3 aromatic rings. The predicted octanol–water partition coefficient (Wildman–Crippen LogP) is 5.13. The molecule has 8 heteroatoms. The van der Waals surface area contributed by atoms with Crippen LogP contribution in [0, 0.1) is 6.92 Å². The minimum Gasteiger partial charge on any atom is -0.325 e. The maximum absolute atomic E-state index is 13.2. The first-order chi connectivity index (χ1) is 14.2. The van der Waals surface area contributed by atoms with Crippen LogP contribution in [-0.2, 0) is 21.4 Å². The van der Waals surface area contributed by atoms with E-state index in [-0.39, 0.29) is 18.0 Å². The summed E-state index contributed by atoms with van der Waals surface area (Å²) in [4.78, 5) is 12.7. The van der Waals surface area contributed by atoms with Crippen molar-refractivity contribution in [1.82, 2.24) is 4.31 Å². The molecule has 0 radical (unpaired) electrons. The fraction of sp³-hybridized carbons (Fsp3) is 0.136. The van der Waals surface area contributed by atoms with Gasteiger partial charge in [-0.05, 0) is 61.0 Å². The average Bonchev–Trinajstić information content (AvgIpc) is 2.69. The Bertz CT molecular complexity index is 1130. The van der Waals surface area contributed by atoms with Crippen molar-refractivity contribution in [3.63, 3.8) is 0 Å². The van der Waals surface area contributed by atoms with Gasteiger partial charge in [0.1, 0.15) is 0 Å². The summed E-state index contributed by atoms with van der Waals surface area (Å²) in [5.74, 6) is -0.446. The van der Waals surface area contributed by atoms with Crippen LogP contribution in [0.1, 0.15) is 11.1 Å². The van der Waals surface area contributed by atoms with Gasteiger partial charge in [-0.3, -0.25) is 4.79 Å². The summed E-state index contributed by atoms with van der Waals surface area (Å²) in [5.41, 5.74) is 2.32. The Kier molecular flexibility index (Phi) is 7.15. The molecule has 0 spiro atoms. The van der Waals surface area contributed by atoms with Crippen LogP contribution in [0.3, 0.4) is 0 Å². The maximum Gasteiger partial charge on any atom is 0.243 e. The number of nitrogens with one attached hydrogen (secondary N) is 1. The third-order valence-electron chi connectivity index (χ3n) is 4.35. The lowest BCUT2D eigenvalue weighted by molar-refractivity contribution is -0.116. The monoisotopic (exact) mass is 462 g/mol. The molecule has 30 heavy (non-hydrogen) atoms. The maximum atomic E-state index is 13.2. The Hall–Kier alpha value is -2.38.